The van der Waals surface area contributed by atoms with E-state index in [-0.39, 0.29) is 145 Å². The van der Waals surface area contributed by atoms with Gasteiger partial charge in [0.15, 0.2) is 12.3 Å². The van der Waals surface area contributed by atoms with Gasteiger partial charge in [-0.3, -0.25) is 32.4 Å². The maximum Gasteiger partial charge on any atom is 0.333 e. The standard InChI is InChI=1S/C61H79N3O27S5/c1-42(9-15-53-60(2,19-7-37-92(68,69)70)58-47-38-43(93(71,72)73)40-51(95(77,78)79)45(47)12-14-50(58)63(53)22-24-86-30-32-90-36-34-88-28-26-84-5)10-16-54-61(3,20-23-85-29-31-89-35-33-87-27-25-83-4)59-48-39-44(94(74,75)76)41-52(96(80,81)82)46(48)11-13-49(59)62(54)21-6-8-57(67)91-64-55(65)17-18-56(64)66/h9-16,38-41H,6-8,17-37H2,1-5H3,(H4-,68,69,70,71,72,73,74,75,76,77,78,79,80,81,82)/p+1. The molecule has 2 unspecified atom stereocenters. The summed E-state index contributed by atoms with van der Waals surface area (Å²) in [6.07, 6.45) is 5.76. The molecular weight excluding hydrogens is 1370 g/mol. The van der Waals surface area contributed by atoms with Crippen LogP contribution in [0.3, 0.4) is 0 Å². The van der Waals surface area contributed by atoms with E-state index in [0.29, 0.717) is 84.2 Å². The van der Waals surface area contributed by atoms with Crippen LogP contribution in [0.2, 0.25) is 0 Å². The molecule has 0 spiro atoms. The Morgan fingerprint density at radius 2 is 1.05 bits per heavy atom. The zero-order valence-corrected chi connectivity index (χ0v) is 57.6. The van der Waals surface area contributed by atoms with Gasteiger partial charge in [-0.2, -0.15) is 46.7 Å². The molecule has 0 aromatic heterocycles. The van der Waals surface area contributed by atoms with Crippen molar-refractivity contribution in [3.63, 3.8) is 0 Å². The van der Waals surface area contributed by atoms with Crippen LogP contribution in [0.1, 0.15) is 76.8 Å². The molecule has 530 valence electrons. The Morgan fingerprint density at radius 3 is 1.54 bits per heavy atom. The van der Waals surface area contributed by atoms with Crippen molar-refractivity contribution in [1.29, 1.82) is 0 Å². The number of anilines is 1. The second kappa shape index (κ2) is 33.2. The second-order valence-corrected chi connectivity index (χ2v) is 30.1. The number of nitrogens with zero attached hydrogens (tertiary/aromatic N) is 3. The average molecular weight is 1450 g/mol. The van der Waals surface area contributed by atoms with Gasteiger partial charge in [0, 0.05) is 91.9 Å². The van der Waals surface area contributed by atoms with Gasteiger partial charge in [0.25, 0.3) is 62.4 Å². The van der Waals surface area contributed by atoms with Gasteiger partial charge in [-0.15, -0.1) is 5.06 Å². The highest BCUT2D eigenvalue weighted by Gasteiger charge is 2.50. The number of fused-ring (bicyclic) bond motifs is 6. The van der Waals surface area contributed by atoms with E-state index in [0.717, 1.165) is 12.1 Å². The molecule has 0 bridgehead atoms. The third-order valence-electron chi connectivity index (χ3n) is 16.3. The highest BCUT2D eigenvalue weighted by Crippen LogP contribution is 2.54. The van der Waals surface area contributed by atoms with E-state index in [1.54, 1.807) is 61.7 Å². The number of hydrogen-bond acceptors (Lipinski definition) is 23. The summed E-state index contributed by atoms with van der Waals surface area (Å²) in [5.41, 5.74) is -0.227. The van der Waals surface area contributed by atoms with Crippen LogP contribution in [0, 0.1) is 0 Å². The molecule has 1 saturated heterocycles. The van der Waals surface area contributed by atoms with E-state index in [9.17, 15) is 79.2 Å². The third kappa shape index (κ3) is 19.6. The van der Waals surface area contributed by atoms with Gasteiger partial charge in [0.1, 0.15) is 16.4 Å². The molecule has 0 radical (unpaired) electrons. The molecule has 1 fully saturated rings. The van der Waals surface area contributed by atoms with Crippen molar-refractivity contribution in [1.82, 2.24) is 5.06 Å². The molecule has 2 amide bonds. The minimum absolute atomic E-state index is 0.000215. The number of methoxy groups -OCH3 is 2. The predicted octanol–water partition coefficient (Wildman–Crippen LogP) is 5.34. The van der Waals surface area contributed by atoms with Gasteiger partial charge < -0.3 is 47.6 Å². The minimum atomic E-state index is -5.20. The third-order valence-corrected chi connectivity index (χ3v) is 20.5. The van der Waals surface area contributed by atoms with Crippen LogP contribution in [0.25, 0.3) is 21.5 Å². The summed E-state index contributed by atoms with van der Waals surface area (Å²) < 4.78 is 227. The van der Waals surface area contributed by atoms with E-state index in [1.165, 1.54) is 31.4 Å². The Hall–Kier alpha value is -6.07. The normalized spacial score (nSPS) is 18.6. The Bertz CT molecular complexity index is 4250. The number of carbonyl (C=O) groups is 3. The maximum atomic E-state index is 13.3. The van der Waals surface area contributed by atoms with Crippen molar-refractivity contribution in [2.75, 3.05) is 130 Å². The van der Waals surface area contributed by atoms with Gasteiger partial charge >= 0.3 is 5.97 Å². The largest absolute Gasteiger partial charge is 0.382 e. The molecule has 7 rings (SSSR count). The van der Waals surface area contributed by atoms with E-state index in [1.807, 2.05) is 0 Å². The molecular formula is C61H80N3O27S5+. The molecule has 30 nitrogen and oxygen atoms in total. The zero-order valence-electron chi connectivity index (χ0n) is 53.5. The lowest BCUT2D eigenvalue weighted by molar-refractivity contribution is -0.442. The summed E-state index contributed by atoms with van der Waals surface area (Å²) in [5, 5.41) is 0.0173. The average Bonchev–Trinajstić information content (AvgIpc) is 1.53. The van der Waals surface area contributed by atoms with Crippen molar-refractivity contribution in [3.05, 3.63) is 95.2 Å². The first-order chi connectivity index (χ1) is 45.2. The van der Waals surface area contributed by atoms with E-state index < -0.39 is 105 Å². The maximum absolute atomic E-state index is 13.3. The fourth-order valence-corrected chi connectivity index (χ4v) is 15.0. The molecule has 0 aliphatic carbocycles. The van der Waals surface area contributed by atoms with Crippen molar-refractivity contribution in [2.24, 2.45) is 0 Å². The molecule has 96 heavy (non-hydrogen) atoms. The Balaban J connectivity index is 1.38. The number of hydrogen-bond donors (Lipinski definition) is 5. The number of carbonyl (C=O) groups excluding carboxylic acids is 3. The monoisotopic (exact) mass is 1450 g/mol. The van der Waals surface area contributed by atoms with Gasteiger partial charge in [0.2, 0.25) is 5.69 Å². The quantitative estimate of drug-likeness (QED) is 0.0123. The van der Waals surface area contributed by atoms with Crippen LogP contribution < -0.4 is 4.90 Å². The molecule has 3 heterocycles. The summed E-state index contributed by atoms with van der Waals surface area (Å²) in [7, 11) is -22.3. The smallest absolute Gasteiger partial charge is 0.333 e. The van der Waals surface area contributed by atoms with Crippen LogP contribution in [0.5, 0.6) is 0 Å². The Labute approximate surface area is 557 Å². The highest BCUT2D eigenvalue weighted by molar-refractivity contribution is 7.87. The summed E-state index contributed by atoms with van der Waals surface area (Å²) in [4.78, 5) is 41.6. The van der Waals surface area contributed by atoms with Crippen LogP contribution in [-0.4, -0.2) is 224 Å². The lowest BCUT2D eigenvalue weighted by Crippen LogP contribution is -2.33. The van der Waals surface area contributed by atoms with Gasteiger partial charge in [-0.05, 0) is 105 Å². The Morgan fingerprint density at radius 1 is 0.573 bits per heavy atom. The van der Waals surface area contributed by atoms with E-state index in [4.69, 9.17) is 42.7 Å². The minimum Gasteiger partial charge on any atom is -0.382 e. The van der Waals surface area contributed by atoms with E-state index >= 15 is 0 Å². The van der Waals surface area contributed by atoms with Crippen molar-refractivity contribution >= 4 is 107 Å². The summed E-state index contributed by atoms with van der Waals surface area (Å²) in [6, 6.07) is 9.06. The zero-order chi connectivity index (χ0) is 70.4. The number of ether oxygens (including phenoxy) is 8. The Kier molecular flexibility index (Phi) is 26.7. The molecule has 3 aliphatic heterocycles. The number of benzene rings is 4. The molecule has 35 heteroatoms. The van der Waals surface area contributed by atoms with Crippen LogP contribution in [0.15, 0.2) is 104 Å². The second-order valence-electron chi connectivity index (χ2n) is 22.9. The first kappa shape index (κ1) is 77.3. The molecule has 4 aromatic carbocycles. The van der Waals surface area contributed by atoms with Crippen LogP contribution >= 0.6 is 0 Å². The fraction of sp³-hybridized carbons (Fsp3) is 0.508. The van der Waals surface area contributed by atoms with Gasteiger partial charge in [-0.1, -0.05) is 23.8 Å². The number of allylic oxidation sites excluding steroid dienone is 6. The molecule has 3 aliphatic rings. The topological polar surface area (TPSA) is 416 Å². The number of hydroxylamine groups is 2. The first-order valence-corrected chi connectivity index (χ1v) is 37.6. The lowest BCUT2D eigenvalue weighted by Gasteiger charge is -2.31. The van der Waals surface area contributed by atoms with Gasteiger partial charge in [-0.25, -0.2) is 4.79 Å². The highest BCUT2D eigenvalue weighted by atomic mass is 32.2. The molecule has 5 N–H and O–H groups in total. The number of imide groups is 1. The number of amides is 2. The fourth-order valence-electron chi connectivity index (χ4n) is 11.8. The van der Waals surface area contributed by atoms with Crippen molar-refractivity contribution in [3.8, 4) is 0 Å². The lowest BCUT2D eigenvalue weighted by atomic mass is 9.74. The van der Waals surface area contributed by atoms with E-state index in [2.05, 4.69) is 0 Å². The van der Waals surface area contributed by atoms with Crippen LogP contribution in [-0.2, 0) is 119 Å². The van der Waals surface area contributed by atoms with Crippen molar-refractivity contribution < 1.29 is 127 Å². The molecule has 2 atom stereocenters. The SMILES string of the molecule is COCCOCCOCCOCC[N+]1=C(/C=C/C(C)=C/C=C2/N(CCCC(=O)ON3C(=O)CCC3=O)c3ccc4c(S(=O)(=O)O)cc(S(=O)(=O)O)cc4c3C2(C)CCOCCOCCOCCOC)C(C)(CCCS(=O)(=O)O)c2c1ccc1c(S(=O)(=O)O)cc(S(=O)(=O)O)cc21. The summed E-state index contributed by atoms with van der Waals surface area (Å²) in [6.45, 7) is 8.16. The molecule has 4 aromatic rings. The number of rotatable bonds is 40. The van der Waals surface area contributed by atoms with Gasteiger partial charge in [0.05, 0.1) is 100 Å². The summed E-state index contributed by atoms with van der Waals surface area (Å²) in [5.74, 6) is -3.08. The van der Waals surface area contributed by atoms with Crippen LogP contribution in [0.4, 0.5) is 11.4 Å². The molecule has 0 saturated carbocycles. The summed E-state index contributed by atoms with van der Waals surface area (Å²) >= 11 is 0. The first-order valence-electron chi connectivity index (χ1n) is 30.2. The predicted molar refractivity (Wildman–Crippen MR) is 345 cm³/mol. The van der Waals surface area contributed by atoms with Crippen molar-refractivity contribution in [2.45, 2.75) is 96.1 Å².